The van der Waals surface area contributed by atoms with Crippen LogP contribution in [-0.4, -0.2) is 48.2 Å². The second-order valence-electron chi connectivity index (χ2n) is 5.82. The van der Waals surface area contributed by atoms with Crippen molar-refractivity contribution in [3.63, 3.8) is 0 Å². The van der Waals surface area contributed by atoms with Crippen LogP contribution in [0.1, 0.15) is 40.0 Å². The average molecular weight is 271 g/mol. The summed E-state index contributed by atoms with van der Waals surface area (Å²) in [5.74, 6) is -0.0595. The number of piperidine rings is 1. The van der Waals surface area contributed by atoms with Crippen molar-refractivity contribution < 1.29 is 14.3 Å². The van der Waals surface area contributed by atoms with Crippen molar-refractivity contribution in [2.45, 2.75) is 51.7 Å². The minimum atomic E-state index is -0.511. The van der Waals surface area contributed by atoms with Crippen LogP contribution < -0.4 is 11.1 Å². The Morgan fingerprint density at radius 3 is 2.63 bits per heavy atom. The Balaban J connectivity index is 2.45. The van der Waals surface area contributed by atoms with E-state index >= 15 is 0 Å². The highest BCUT2D eigenvalue weighted by atomic mass is 16.6. The fraction of sp³-hybridized carbons (Fsp3) is 0.846. The molecule has 6 heteroatoms. The molecule has 1 saturated heterocycles. The number of amides is 2. The number of hydrogen-bond acceptors (Lipinski definition) is 4. The highest BCUT2D eigenvalue weighted by Crippen LogP contribution is 2.16. The molecule has 1 atom stereocenters. The van der Waals surface area contributed by atoms with Crippen LogP contribution in [0.2, 0.25) is 0 Å². The molecule has 6 nitrogen and oxygen atoms in total. The van der Waals surface area contributed by atoms with Gasteiger partial charge in [-0.2, -0.15) is 0 Å². The van der Waals surface area contributed by atoms with Gasteiger partial charge in [-0.15, -0.1) is 0 Å². The van der Waals surface area contributed by atoms with Crippen LogP contribution in [0, 0.1) is 0 Å². The second-order valence-corrected chi connectivity index (χ2v) is 5.82. The third kappa shape index (κ3) is 5.46. The van der Waals surface area contributed by atoms with E-state index in [0.29, 0.717) is 6.54 Å². The summed E-state index contributed by atoms with van der Waals surface area (Å²) < 4.78 is 5.17. The van der Waals surface area contributed by atoms with Gasteiger partial charge in [0, 0.05) is 19.1 Å². The number of hydrogen-bond donors (Lipinski definition) is 2. The maximum absolute atomic E-state index is 11.7. The molecule has 110 valence electrons. The number of nitrogens with two attached hydrogens (primary N) is 1. The van der Waals surface area contributed by atoms with E-state index < -0.39 is 11.7 Å². The molecule has 0 aromatic heterocycles. The molecule has 0 bridgehead atoms. The molecule has 2 amide bonds. The van der Waals surface area contributed by atoms with E-state index in [1.54, 1.807) is 4.90 Å². The van der Waals surface area contributed by atoms with Crippen molar-refractivity contribution in [2.24, 2.45) is 5.73 Å². The molecule has 0 aromatic carbocycles. The number of nitrogens with zero attached hydrogens (tertiary/aromatic N) is 1. The molecule has 0 aliphatic carbocycles. The third-order valence-electron chi connectivity index (χ3n) is 3.00. The fourth-order valence-corrected chi connectivity index (χ4v) is 2.17. The zero-order valence-corrected chi connectivity index (χ0v) is 12.1. The summed E-state index contributed by atoms with van der Waals surface area (Å²) >= 11 is 0. The van der Waals surface area contributed by atoms with E-state index in [4.69, 9.17) is 10.5 Å². The number of nitrogens with one attached hydrogen (secondary N) is 1. The van der Waals surface area contributed by atoms with Crippen LogP contribution in [0.3, 0.4) is 0 Å². The van der Waals surface area contributed by atoms with E-state index in [2.05, 4.69) is 5.32 Å². The molecule has 0 radical (unpaired) electrons. The van der Waals surface area contributed by atoms with Crippen LogP contribution >= 0.6 is 0 Å². The van der Waals surface area contributed by atoms with Gasteiger partial charge in [-0.3, -0.25) is 4.79 Å². The Labute approximate surface area is 114 Å². The monoisotopic (exact) mass is 271 g/mol. The predicted molar refractivity (Wildman–Crippen MR) is 72.6 cm³/mol. The lowest BCUT2D eigenvalue weighted by Crippen LogP contribution is -2.51. The summed E-state index contributed by atoms with van der Waals surface area (Å²) in [5.41, 5.74) is 4.89. The van der Waals surface area contributed by atoms with Crippen LogP contribution in [0.25, 0.3) is 0 Å². The zero-order valence-electron chi connectivity index (χ0n) is 12.1. The Kier molecular flexibility index (Phi) is 5.60. The van der Waals surface area contributed by atoms with Crippen LogP contribution in [-0.2, 0) is 9.53 Å². The van der Waals surface area contributed by atoms with Crippen LogP contribution in [0.15, 0.2) is 0 Å². The third-order valence-corrected chi connectivity index (χ3v) is 3.00. The molecule has 1 aliphatic rings. The Hall–Kier alpha value is -1.30. The zero-order chi connectivity index (χ0) is 14.5. The number of alkyl carbamates (subject to hydrolysis) is 1. The fourth-order valence-electron chi connectivity index (χ4n) is 2.17. The van der Waals surface area contributed by atoms with Gasteiger partial charge in [-0.25, -0.2) is 4.79 Å². The summed E-state index contributed by atoms with van der Waals surface area (Å²) in [5, 5.41) is 2.72. The van der Waals surface area contributed by atoms with E-state index in [-0.39, 0.29) is 18.5 Å². The molecule has 1 fully saturated rings. The summed E-state index contributed by atoms with van der Waals surface area (Å²) in [6.45, 7) is 6.60. The van der Waals surface area contributed by atoms with E-state index in [1.165, 1.54) is 0 Å². The molecule has 1 aliphatic heterocycles. The van der Waals surface area contributed by atoms with E-state index in [0.717, 1.165) is 25.8 Å². The summed E-state index contributed by atoms with van der Waals surface area (Å²) in [7, 11) is 0. The molecule has 0 spiro atoms. The lowest BCUT2D eigenvalue weighted by atomic mass is 10.0. The van der Waals surface area contributed by atoms with Gasteiger partial charge in [0.05, 0.1) is 6.54 Å². The van der Waals surface area contributed by atoms with Crippen LogP contribution in [0.4, 0.5) is 4.79 Å². The number of likely N-dealkylation sites (tertiary alicyclic amines) is 1. The number of carbonyl (C=O) groups excluding carboxylic acids is 2. The lowest BCUT2D eigenvalue weighted by molar-refractivity contribution is -0.133. The molecule has 19 heavy (non-hydrogen) atoms. The first-order valence-corrected chi connectivity index (χ1v) is 6.80. The maximum Gasteiger partial charge on any atom is 0.407 e. The van der Waals surface area contributed by atoms with Gasteiger partial charge in [0.15, 0.2) is 0 Å². The highest BCUT2D eigenvalue weighted by Gasteiger charge is 2.26. The van der Waals surface area contributed by atoms with Crippen molar-refractivity contribution in [3.05, 3.63) is 0 Å². The van der Waals surface area contributed by atoms with Gasteiger partial charge in [0.2, 0.25) is 5.91 Å². The van der Waals surface area contributed by atoms with Crippen molar-refractivity contribution in [1.29, 1.82) is 0 Å². The Morgan fingerprint density at radius 2 is 2.05 bits per heavy atom. The average Bonchev–Trinajstić information content (AvgIpc) is 2.33. The summed E-state index contributed by atoms with van der Waals surface area (Å²) in [6, 6.07) is 0.0253. The second kappa shape index (κ2) is 6.75. The molecular formula is C13H25N3O3. The smallest absolute Gasteiger partial charge is 0.407 e. The normalized spacial score (nSPS) is 20.0. The van der Waals surface area contributed by atoms with Crippen LogP contribution in [0.5, 0.6) is 0 Å². The molecule has 1 rings (SSSR count). The van der Waals surface area contributed by atoms with Gasteiger partial charge < -0.3 is 20.7 Å². The standard InChI is InChI=1S/C13H25N3O3/c1-13(2,3)19-12(18)15-9-10-6-4-5-7-16(10)11(17)8-14/h10H,4-9,14H2,1-3H3,(H,15,18). The minimum Gasteiger partial charge on any atom is -0.444 e. The van der Waals surface area contributed by atoms with Gasteiger partial charge in [-0.1, -0.05) is 0 Å². The largest absolute Gasteiger partial charge is 0.444 e. The van der Waals surface area contributed by atoms with Crippen molar-refractivity contribution in [2.75, 3.05) is 19.6 Å². The summed E-state index contributed by atoms with van der Waals surface area (Å²) in [4.78, 5) is 25.1. The van der Waals surface area contributed by atoms with Gasteiger partial charge in [-0.05, 0) is 40.0 Å². The number of carbonyl (C=O) groups is 2. The maximum atomic E-state index is 11.7. The number of rotatable bonds is 3. The number of ether oxygens (including phenoxy) is 1. The topological polar surface area (TPSA) is 84.7 Å². The van der Waals surface area contributed by atoms with Gasteiger partial charge in [0.1, 0.15) is 5.60 Å². The first-order valence-electron chi connectivity index (χ1n) is 6.80. The van der Waals surface area contributed by atoms with Crippen molar-refractivity contribution in [3.8, 4) is 0 Å². The highest BCUT2D eigenvalue weighted by molar-refractivity contribution is 5.78. The summed E-state index contributed by atoms with van der Waals surface area (Å²) in [6.07, 6.45) is 2.50. The Morgan fingerprint density at radius 1 is 1.37 bits per heavy atom. The van der Waals surface area contributed by atoms with E-state index in [9.17, 15) is 9.59 Å². The quantitative estimate of drug-likeness (QED) is 0.797. The van der Waals surface area contributed by atoms with Crippen molar-refractivity contribution >= 4 is 12.0 Å². The molecule has 3 N–H and O–H groups in total. The molecule has 1 unspecified atom stereocenters. The van der Waals surface area contributed by atoms with Crippen molar-refractivity contribution in [1.82, 2.24) is 10.2 Å². The Bertz CT molecular complexity index is 326. The molecule has 0 aromatic rings. The predicted octanol–water partition coefficient (Wildman–Crippen LogP) is 0.851. The van der Waals surface area contributed by atoms with E-state index in [1.807, 2.05) is 20.8 Å². The van der Waals surface area contributed by atoms with Gasteiger partial charge in [0.25, 0.3) is 0 Å². The lowest BCUT2D eigenvalue weighted by Gasteiger charge is -2.35. The van der Waals surface area contributed by atoms with Gasteiger partial charge >= 0.3 is 6.09 Å². The minimum absolute atomic E-state index is 0.0168. The first-order chi connectivity index (χ1) is 8.83. The molecule has 1 heterocycles. The molecular weight excluding hydrogens is 246 g/mol. The molecule has 0 saturated carbocycles. The first kappa shape index (κ1) is 15.8. The SMILES string of the molecule is CC(C)(C)OC(=O)NCC1CCCCN1C(=O)CN.